The maximum atomic E-state index is 3.63. The van der Waals surface area contributed by atoms with Gasteiger partial charge in [-0.25, -0.2) is 0 Å². The molecule has 1 aromatic heterocycles. The van der Waals surface area contributed by atoms with E-state index in [9.17, 15) is 0 Å². The first kappa shape index (κ1) is 15.3. The van der Waals surface area contributed by atoms with Crippen LogP contribution >= 0.6 is 11.3 Å². The maximum Gasteiger partial charge on any atom is 0.0320 e. The van der Waals surface area contributed by atoms with E-state index in [1.54, 1.807) is 0 Å². The highest BCUT2D eigenvalue weighted by molar-refractivity contribution is 7.09. The Morgan fingerprint density at radius 3 is 2.65 bits per heavy atom. The standard InChI is InChI=1S/C18H25NS/c1-4-19-18(9-5-7-17-8-6-12-20-17)16-11-10-14(2)15(3)13-16/h6,8,10-13,18-19H,4-5,7,9H2,1-3H3. The van der Waals surface area contributed by atoms with Gasteiger partial charge < -0.3 is 5.32 Å². The van der Waals surface area contributed by atoms with Crippen LogP contribution in [-0.2, 0) is 6.42 Å². The van der Waals surface area contributed by atoms with E-state index in [0.29, 0.717) is 6.04 Å². The Bertz CT molecular complexity index is 516. The molecule has 0 saturated carbocycles. The van der Waals surface area contributed by atoms with Gasteiger partial charge in [-0.15, -0.1) is 11.3 Å². The van der Waals surface area contributed by atoms with Crippen molar-refractivity contribution >= 4 is 11.3 Å². The van der Waals surface area contributed by atoms with Crippen LogP contribution in [0.1, 0.15) is 47.4 Å². The van der Waals surface area contributed by atoms with Crippen LogP contribution in [0.2, 0.25) is 0 Å². The van der Waals surface area contributed by atoms with Crippen LogP contribution in [0.4, 0.5) is 0 Å². The van der Waals surface area contributed by atoms with E-state index >= 15 is 0 Å². The summed E-state index contributed by atoms with van der Waals surface area (Å²) < 4.78 is 0. The third-order valence-corrected chi connectivity index (χ3v) is 4.82. The summed E-state index contributed by atoms with van der Waals surface area (Å²) in [6.07, 6.45) is 3.64. The minimum atomic E-state index is 0.485. The van der Waals surface area contributed by atoms with Crippen molar-refractivity contribution in [2.24, 2.45) is 0 Å². The van der Waals surface area contributed by atoms with Crippen LogP contribution in [-0.4, -0.2) is 6.54 Å². The zero-order valence-corrected chi connectivity index (χ0v) is 13.6. The van der Waals surface area contributed by atoms with Gasteiger partial charge in [0.2, 0.25) is 0 Å². The highest BCUT2D eigenvalue weighted by atomic mass is 32.1. The zero-order chi connectivity index (χ0) is 14.4. The van der Waals surface area contributed by atoms with E-state index in [-0.39, 0.29) is 0 Å². The summed E-state index contributed by atoms with van der Waals surface area (Å²) in [5, 5.41) is 5.80. The number of thiophene rings is 1. The predicted molar refractivity (Wildman–Crippen MR) is 89.6 cm³/mol. The minimum Gasteiger partial charge on any atom is -0.310 e. The molecule has 0 aliphatic heterocycles. The highest BCUT2D eigenvalue weighted by Crippen LogP contribution is 2.23. The summed E-state index contributed by atoms with van der Waals surface area (Å²) in [5.74, 6) is 0. The molecule has 1 nitrogen and oxygen atoms in total. The van der Waals surface area contributed by atoms with Gasteiger partial charge in [0.05, 0.1) is 0 Å². The quantitative estimate of drug-likeness (QED) is 0.752. The van der Waals surface area contributed by atoms with E-state index in [0.717, 1.165) is 6.54 Å². The maximum absolute atomic E-state index is 3.63. The van der Waals surface area contributed by atoms with Crippen molar-refractivity contribution in [3.63, 3.8) is 0 Å². The lowest BCUT2D eigenvalue weighted by Gasteiger charge is -2.19. The summed E-state index contributed by atoms with van der Waals surface area (Å²) in [7, 11) is 0. The Morgan fingerprint density at radius 1 is 1.15 bits per heavy atom. The fourth-order valence-electron chi connectivity index (χ4n) is 2.55. The summed E-state index contributed by atoms with van der Waals surface area (Å²) in [5.41, 5.74) is 4.20. The molecular weight excluding hydrogens is 262 g/mol. The summed E-state index contributed by atoms with van der Waals surface area (Å²) in [6, 6.07) is 11.7. The van der Waals surface area contributed by atoms with Gasteiger partial charge in [0.25, 0.3) is 0 Å². The summed E-state index contributed by atoms with van der Waals surface area (Å²) in [4.78, 5) is 1.50. The first-order chi connectivity index (χ1) is 9.70. The van der Waals surface area contributed by atoms with E-state index in [2.05, 4.69) is 61.8 Å². The normalized spacial score (nSPS) is 12.6. The van der Waals surface area contributed by atoms with Gasteiger partial charge in [-0.05, 0) is 67.8 Å². The van der Waals surface area contributed by atoms with Crippen LogP contribution < -0.4 is 5.32 Å². The molecular formula is C18H25NS. The Morgan fingerprint density at radius 2 is 2.00 bits per heavy atom. The number of rotatable bonds is 7. The second-order valence-corrected chi connectivity index (χ2v) is 6.46. The Kier molecular flexibility index (Phi) is 5.81. The number of hydrogen-bond acceptors (Lipinski definition) is 2. The monoisotopic (exact) mass is 287 g/mol. The lowest BCUT2D eigenvalue weighted by Crippen LogP contribution is -2.21. The fraction of sp³-hybridized carbons (Fsp3) is 0.444. The van der Waals surface area contributed by atoms with Crippen molar-refractivity contribution in [1.82, 2.24) is 5.32 Å². The topological polar surface area (TPSA) is 12.0 Å². The largest absolute Gasteiger partial charge is 0.310 e. The van der Waals surface area contributed by atoms with Gasteiger partial charge in [0, 0.05) is 10.9 Å². The minimum absolute atomic E-state index is 0.485. The molecule has 1 atom stereocenters. The molecule has 0 aliphatic rings. The molecule has 20 heavy (non-hydrogen) atoms. The van der Waals surface area contributed by atoms with Crippen LogP contribution in [0, 0.1) is 13.8 Å². The molecule has 0 saturated heterocycles. The van der Waals surface area contributed by atoms with Gasteiger partial charge in [-0.1, -0.05) is 31.2 Å². The summed E-state index contributed by atoms with van der Waals surface area (Å²) >= 11 is 1.87. The van der Waals surface area contributed by atoms with Gasteiger partial charge in [-0.3, -0.25) is 0 Å². The number of aryl methyl sites for hydroxylation is 3. The van der Waals surface area contributed by atoms with Gasteiger partial charge in [0.15, 0.2) is 0 Å². The lowest BCUT2D eigenvalue weighted by atomic mass is 9.97. The third kappa shape index (κ3) is 4.19. The Labute approximate surface area is 127 Å². The van der Waals surface area contributed by atoms with E-state index < -0.39 is 0 Å². The van der Waals surface area contributed by atoms with Gasteiger partial charge >= 0.3 is 0 Å². The Balaban J connectivity index is 1.96. The molecule has 0 radical (unpaired) electrons. The van der Waals surface area contributed by atoms with Crippen molar-refractivity contribution in [2.75, 3.05) is 6.54 Å². The van der Waals surface area contributed by atoms with Crippen molar-refractivity contribution in [1.29, 1.82) is 0 Å². The van der Waals surface area contributed by atoms with Crippen molar-refractivity contribution in [3.8, 4) is 0 Å². The van der Waals surface area contributed by atoms with E-state index in [1.807, 2.05) is 11.3 Å². The number of hydrogen-bond donors (Lipinski definition) is 1. The third-order valence-electron chi connectivity index (χ3n) is 3.88. The van der Waals surface area contributed by atoms with Crippen LogP contribution in [0.15, 0.2) is 35.7 Å². The SMILES string of the molecule is CCNC(CCCc1cccs1)c1ccc(C)c(C)c1. The molecule has 2 heteroatoms. The molecule has 108 valence electrons. The Hall–Kier alpha value is -1.12. The number of benzene rings is 1. The average molecular weight is 287 g/mol. The van der Waals surface area contributed by atoms with Crippen molar-refractivity contribution in [3.05, 3.63) is 57.3 Å². The molecule has 1 heterocycles. The first-order valence-electron chi connectivity index (χ1n) is 7.53. The predicted octanol–water partition coefficient (Wildman–Crippen LogP) is 5.04. The molecule has 0 aliphatic carbocycles. The number of nitrogens with one attached hydrogen (secondary N) is 1. The second kappa shape index (κ2) is 7.61. The molecule has 1 N–H and O–H groups in total. The molecule has 0 bridgehead atoms. The van der Waals surface area contributed by atoms with Crippen LogP contribution in [0.5, 0.6) is 0 Å². The van der Waals surface area contributed by atoms with Crippen LogP contribution in [0.3, 0.4) is 0 Å². The summed E-state index contributed by atoms with van der Waals surface area (Å²) in [6.45, 7) is 7.59. The highest BCUT2D eigenvalue weighted by Gasteiger charge is 2.11. The molecule has 2 rings (SSSR count). The van der Waals surface area contributed by atoms with Gasteiger partial charge in [-0.2, -0.15) is 0 Å². The smallest absolute Gasteiger partial charge is 0.0320 e. The van der Waals surface area contributed by atoms with E-state index in [1.165, 1.54) is 40.8 Å². The molecule has 1 unspecified atom stereocenters. The van der Waals surface area contributed by atoms with Crippen molar-refractivity contribution < 1.29 is 0 Å². The van der Waals surface area contributed by atoms with Crippen molar-refractivity contribution in [2.45, 2.75) is 46.1 Å². The zero-order valence-electron chi connectivity index (χ0n) is 12.8. The lowest BCUT2D eigenvalue weighted by molar-refractivity contribution is 0.498. The van der Waals surface area contributed by atoms with E-state index in [4.69, 9.17) is 0 Å². The molecule has 0 spiro atoms. The second-order valence-electron chi connectivity index (χ2n) is 5.43. The first-order valence-corrected chi connectivity index (χ1v) is 8.41. The van der Waals surface area contributed by atoms with Crippen LogP contribution in [0.25, 0.3) is 0 Å². The molecule has 2 aromatic rings. The molecule has 0 amide bonds. The fourth-order valence-corrected chi connectivity index (χ4v) is 3.30. The van der Waals surface area contributed by atoms with Gasteiger partial charge in [0.1, 0.15) is 0 Å². The molecule has 1 aromatic carbocycles. The average Bonchev–Trinajstić information content (AvgIpc) is 2.94. The molecule has 0 fully saturated rings.